The predicted molar refractivity (Wildman–Crippen MR) is 112 cm³/mol. The molecule has 0 atom stereocenters. The van der Waals surface area contributed by atoms with Crippen molar-refractivity contribution in [1.29, 1.82) is 0 Å². The van der Waals surface area contributed by atoms with E-state index in [4.69, 9.17) is 23.2 Å². The second-order valence-electron chi connectivity index (χ2n) is 5.92. The highest BCUT2D eigenvalue weighted by Gasteiger charge is 2.11. The van der Waals surface area contributed by atoms with Crippen molar-refractivity contribution in [2.75, 3.05) is 5.32 Å². The van der Waals surface area contributed by atoms with Crippen molar-refractivity contribution in [2.24, 2.45) is 4.99 Å². The largest absolute Gasteiger partial charge is 0.312 e. The summed E-state index contributed by atoms with van der Waals surface area (Å²) in [6.07, 6.45) is 0. The number of carbonyl (C=O) groups excluding carboxylic acids is 1. The highest BCUT2D eigenvalue weighted by molar-refractivity contribution is 6.31. The smallest absolute Gasteiger partial charge is 0.257 e. The van der Waals surface area contributed by atoms with E-state index in [1.54, 1.807) is 42.5 Å². The first-order chi connectivity index (χ1) is 13.9. The summed E-state index contributed by atoms with van der Waals surface area (Å²) in [4.78, 5) is 30.8. The summed E-state index contributed by atoms with van der Waals surface area (Å²) in [5, 5.41) is 6.19. The van der Waals surface area contributed by atoms with E-state index >= 15 is 0 Å². The zero-order valence-electron chi connectivity index (χ0n) is 14.9. The van der Waals surface area contributed by atoms with Crippen LogP contribution in [0.15, 0.2) is 70.5 Å². The van der Waals surface area contributed by atoms with Gasteiger partial charge in [0.1, 0.15) is 11.6 Å². The lowest BCUT2D eigenvalue weighted by Gasteiger charge is -2.12. The molecule has 1 aromatic heterocycles. The molecule has 0 saturated heterocycles. The van der Waals surface area contributed by atoms with Crippen LogP contribution >= 0.6 is 23.2 Å². The predicted octanol–water partition coefficient (Wildman–Crippen LogP) is 4.22. The molecular formula is C20H15Cl2FN4O2. The average Bonchev–Trinajstić information content (AvgIpc) is 2.67. The molecule has 29 heavy (non-hydrogen) atoms. The molecular weight excluding hydrogens is 418 g/mol. The SMILES string of the molecule is O=C(NC(=NCc1ccc(Cl)cc1F)Nc1cccc(=O)[nH]1)c1ccc(Cl)cc1. The van der Waals surface area contributed by atoms with Crippen LogP contribution in [-0.2, 0) is 6.54 Å². The summed E-state index contributed by atoms with van der Waals surface area (Å²) in [6.45, 7) is -0.0662. The maximum absolute atomic E-state index is 14.0. The average molecular weight is 433 g/mol. The van der Waals surface area contributed by atoms with Gasteiger partial charge in [-0.05, 0) is 42.5 Å². The van der Waals surface area contributed by atoms with E-state index in [1.165, 1.54) is 18.2 Å². The number of amides is 1. The van der Waals surface area contributed by atoms with Gasteiger partial charge in [0, 0.05) is 27.2 Å². The minimum absolute atomic E-state index is 0.0288. The normalized spacial score (nSPS) is 11.2. The number of halogens is 3. The molecule has 0 aliphatic rings. The monoisotopic (exact) mass is 432 g/mol. The standard InChI is InChI=1S/C20H15Cl2FN4O2/c21-14-7-4-12(5-8-14)19(29)27-20(26-17-2-1-3-18(28)25-17)24-11-13-6-9-15(22)10-16(13)23/h1-10H,11H2,(H3,24,25,26,27,28,29). The molecule has 1 heterocycles. The molecule has 0 spiro atoms. The maximum Gasteiger partial charge on any atom is 0.257 e. The number of nitrogens with zero attached hydrogens (tertiary/aromatic N) is 1. The molecule has 0 unspecified atom stereocenters. The Morgan fingerprint density at radius 3 is 2.45 bits per heavy atom. The molecule has 1 amide bonds. The van der Waals surface area contributed by atoms with Crippen molar-refractivity contribution in [3.8, 4) is 0 Å². The van der Waals surface area contributed by atoms with E-state index in [9.17, 15) is 14.0 Å². The first-order valence-electron chi connectivity index (χ1n) is 8.42. The number of anilines is 1. The Labute approximate surface area is 175 Å². The van der Waals surface area contributed by atoms with Gasteiger partial charge < -0.3 is 10.3 Å². The number of guanidine groups is 1. The van der Waals surface area contributed by atoms with E-state index in [-0.39, 0.29) is 28.6 Å². The third-order valence-corrected chi connectivity index (χ3v) is 4.27. The Balaban J connectivity index is 1.84. The number of benzene rings is 2. The molecule has 3 N–H and O–H groups in total. The van der Waals surface area contributed by atoms with Gasteiger partial charge in [0.25, 0.3) is 5.91 Å². The molecule has 0 aliphatic heterocycles. The van der Waals surface area contributed by atoms with Crippen LogP contribution in [0.2, 0.25) is 10.0 Å². The quantitative estimate of drug-likeness (QED) is 0.426. The molecule has 148 valence electrons. The van der Waals surface area contributed by atoms with Gasteiger partial charge in [-0.3, -0.25) is 14.9 Å². The zero-order chi connectivity index (χ0) is 20.8. The van der Waals surface area contributed by atoms with Crippen LogP contribution in [0.5, 0.6) is 0 Å². The van der Waals surface area contributed by atoms with Crippen LogP contribution in [0.25, 0.3) is 0 Å². The molecule has 9 heteroatoms. The van der Waals surface area contributed by atoms with Gasteiger partial charge in [0.2, 0.25) is 11.5 Å². The fourth-order valence-electron chi connectivity index (χ4n) is 2.35. The second-order valence-corrected chi connectivity index (χ2v) is 6.79. The fourth-order valence-corrected chi connectivity index (χ4v) is 2.64. The van der Waals surface area contributed by atoms with E-state index in [2.05, 4.69) is 20.6 Å². The number of H-pyrrole nitrogens is 1. The van der Waals surface area contributed by atoms with Crippen LogP contribution in [0.1, 0.15) is 15.9 Å². The number of nitrogens with one attached hydrogen (secondary N) is 3. The molecule has 0 bridgehead atoms. The van der Waals surface area contributed by atoms with Crippen molar-refractivity contribution in [2.45, 2.75) is 6.54 Å². The summed E-state index contributed by atoms with van der Waals surface area (Å²) in [5.41, 5.74) is 0.307. The number of rotatable bonds is 4. The van der Waals surface area contributed by atoms with E-state index in [1.807, 2.05) is 0 Å². The zero-order valence-corrected chi connectivity index (χ0v) is 16.4. The summed E-state index contributed by atoms with van der Waals surface area (Å²) < 4.78 is 14.0. The molecule has 0 saturated carbocycles. The molecule has 0 aliphatic carbocycles. The summed E-state index contributed by atoms with van der Waals surface area (Å²) in [6, 6.07) is 15.0. The van der Waals surface area contributed by atoms with Crippen LogP contribution < -0.4 is 16.2 Å². The Morgan fingerprint density at radius 1 is 1.03 bits per heavy atom. The number of pyridine rings is 1. The minimum Gasteiger partial charge on any atom is -0.312 e. The van der Waals surface area contributed by atoms with Gasteiger partial charge in [-0.15, -0.1) is 0 Å². The third-order valence-electron chi connectivity index (χ3n) is 3.78. The summed E-state index contributed by atoms with van der Waals surface area (Å²) in [7, 11) is 0. The van der Waals surface area contributed by atoms with Gasteiger partial charge in [-0.25, -0.2) is 9.38 Å². The van der Waals surface area contributed by atoms with Gasteiger partial charge in [-0.1, -0.05) is 35.3 Å². The second kappa shape index (κ2) is 9.36. The maximum atomic E-state index is 14.0. The first-order valence-corrected chi connectivity index (χ1v) is 9.18. The van der Waals surface area contributed by atoms with Gasteiger partial charge in [0.05, 0.1) is 6.54 Å². The number of hydrogen-bond acceptors (Lipinski definition) is 3. The topological polar surface area (TPSA) is 86.3 Å². The molecule has 3 rings (SSSR count). The van der Waals surface area contributed by atoms with Gasteiger partial charge >= 0.3 is 0 Å². The molecule has 0 radical (unpaired) electrons. The van der Waals surface area contributed by atoms with E-state index in [0.717, 1.165) is 0 Å². The Morgan fingerprint density at radius 2 is 1.76 bits per heavy atom. The number of aromatic amines is 1. The highest BCUT2D eigenvalue weighted by atomic mass is 35.5. The molecule has 3 aromatic rings. The number of aliphatic imine (C=N–C) groups is 1. The lowest BCUT2D eigenvalue weighted by Crippen LogP contribution is -2.36. The Hall–Kier alpha value is -3.16. The number of hydrogen-bond donors (Lipinski definition) is 3. The lowest BCUT2D eigenvalue weighted by molar-refractivity contribution is 0.0977. The van der Waals surface area contributed by atoms with Crippen molar-refractivity contribution < 1.29 is 9.18 Å². The van der Waals surface area contributed by atoms with Gasteiger partial charge in [-0.2, -0.15) is 0 Å². The molecule has 0 fully saturated rings. The lowest BCUT2D eigenvalue weighted by atomic mass is 10.2. The van der Waals surface area contributed by atoms with Crippen LogP contribution in [0.4, 0.5) is 10.2 Å². The van der Waals surface area contributed by atoms with Gasteiger partial charge in [0.15, 0.2) is 0 Å². The summed E-state index contributed by atoms with van der Waals surface area (Å²) in [5.74, 6) is -0.633. The number of aromatic nitrogens is 1. The Bertz CT molecular complexity index is 1110. The molecule has 2 aromatic carbocycles. The van der Waals surface area contributed by atoms with Crippen LogP contribution in [0.3, 0.4) is 0 Å². The highest BCUT2D eigenvalue weighted by Crippen LogP contribution is 2.15. The Kier molecular flexibility index (Phi) is 6.64. The van der Waals surface area contributed by atoms with Crippen molar-refractivity contribution in [3.05, 3.63) is 98.0 Å². The molecule has 6 nitrogen and oxygen atoms in total. The first kappa shape index (κ1) is 20.6. The van der Waals surface area contributed by atoms with Crippen molar-refractivity contribution >= 4 is 40.9 Å². The number of carbonyl (C=O) groups is 1. The third kappa shape index (κ3) is 5.91. The minimum atomic E-state index is -0.516. The van der Waals surface area contributed by atoms with E-state index < -0.39 is 11.7 Å². The fraction of sp³-hybridized carbons (Fsp3) is 0.0500. The van der Waals surface area contributed by atoms with Crippen molar-refractivity contribution in [3.63, 3.8) is 0 Å². The van der Waals surface area contributed by atoms with E-state index in [0.29, 0.717) is 16.4 Å². The summed E-state index contributed by atoms with van der Waals surface area (Å²) >= 11 is 11.6. The van der Waals surface area contributed by atoms with Crippen LogP contribution in [-0.4, -0.2) is 16.9 Å². The van der Waals surface area contributed by atoms with Crippen LogP contribution in [0, 0.1) is 5.82 Å². The van der Waals surface area contributed by atoms with Crippen molar-refractivity contribution in [1.82, 2.24) is 10.3 Å².